The molecule has 0 unspecified atom stereocenters. The summed E-state index contributed by atoms with van der Waals surface area (Å²) in [5.74, 6) is -0.552. The van der Waals surface area contributed by atoms with E-state index in [9.17, 15) is 31.1 Å². The monoisotopic (exact) mass is 572 g/mol. The largest absolute Gasteiger partial charge is 0.418 e. The summed E-state index contributed by atoms with van der Waals surface area (Å²) < 4.78 is 75.2. The van der Waals surface area contributed by atoms with Gasteiger partial charge in [-0.25, -0.2) is 0 Å². The average molecular weight is 574 g/mol. The SMILES string of the molecule is Cc1cc(C(F)(F)F)c(N)c(C)n1.Cc1cc(C(F)(F)F)c(NC(=O)CBr)c(C)n1.Cl.Cl. The van der Waals surface area contributed by atoms with E-state index in [1.54, 1.807) is 0 Å². The topological polar surface area (TPSA) is 80.9 Å². The molecule has 0 aliphatic rings. The highest BCUT2D eigenvalue weighted by atomic mass is 79.9. The number of carbonyl (C=O) groups is 1. The molecule has 0 aliphatic heterocycles. The highest BCUT2D eigenvalue weighted by Gasteiger charge is 2.35. The molecular weight excluding hydrogens is 553 g/mol. The predicted molar refractivity (Wildman–Crippen MR) is 119 cm³/mol. The second-order valence-corrected chi connectivity index (χ2v) is 6.82. The molecule has 2 heterocycles. The molecule has 0 spiro atoms. The summed E-state index contributed by atoms with van der Waals surface area (Å²) in [5, 5.41) is 2.12. The van der Waals surface area contributed by atoms with Crippen molar-refractivity contribution in [2.45, 2.75) is 40.0 Å². The predicted octanol–water partition coefficient (Wildman–Crippen LogP) is 6.19. The number of carbonyl (C=O) groups excluding carboxylic acids is 1. The quantitative estimate of drug-likeness (QED) is 0.331. The molecule has 0 aliphatic carbocycles. The number of anilines is 2. The Kier molecular flexibility index (Phi) is 12.6. The van der Waals surface area contributed by atoms with E-state index in [4.69, 9.17) is 5.73 Å². The Hall–Kier alpha value is -1.79. The normalized spacial score (nSPS) is 10.8. The fourth-order valence-corrected chi connectivity index (χ4v) is 2.60. The molecule has 0 aromatic carbocycles. The van der Waals surface area contributed by atoms with E-state index >= 15 is 0 Å². The fourth-order valence-electron chi connectivity index (χ4n) is 2.46. The molecule has 2 aromatic rings. The van der Waals surface area contributed by atoms with Crippen LogP contribution in [0.25, 0.3) is 0 Å². The van der Waals surface area contributed by atoms with Gasteiger partial charge >= 0.3 is 12.4 Å². The molecule has 14 heteroatoms. The first kappa shape index (κ1) is 32.4. The smallest absolute Gasteiger partial charge is 0.397 e. The van der Waals surface area contributed by atoms with Gasteiger partial charge in [-0.3, -0.25) is 14.8 Å². The van der Waals surface area contributed by atoms with Gasteiger partial charge in [0, 0.05) is 11.4 Å². The molecule has 0 bridgehead atoms. The third-order valence-electron chi connectivity index (χ3n) is 3.70. The molecule has 5 nitrogen and oxygen atoms in total. The van der Waals surface area contributed by atoms with Gasteiger partial charge in [0.05, 0.1) is 39.2 Å². The molecule has 0 radical (unpaired) electrons. The number of nitrogens with zero attached hydrogens (tertiary/aromatic N) is 2. The highest BCUT2D eigenvalue weighted by molar-refractivity contribution is 9.09. The maximum Gasteiger partial charge on any atom is 0.418 e. The van der Waals surface area contributed by atoms with E-state index in [1.165, 1.54) is 27.7 Å². The fraction of sp³-hybridized carbons (Fsp3) is 0.389. The number of hydrogen-bond acceptors (Lipinski definition) is 4. The Morgan fingerprint density at radius 2 is 1.31 bits per heavy atom. The number of hydrogen-bond donors (Lipinski definition) is 2. The van der Waals surface area contributed by atoms with E-state index in [1.807, 2.05) is 0 Å². The molecule has 0 fully saturated rings. The van der Waals surface area contributed by atoms with E-state index in [0.29, 0.717) is 5.69 Å². The van der Waals surface area contributed by atoms with Crippen LogP contribution in [0.15, 0.2) is 12.1 Å². The van der Waals surface area contributed by atoms with Crippen LogP contribution >= 0.6 is 40.7 Å². The number of alkyl halides is 7. The highest BCUT2D eigenvalue weighted by Crippen LogP contribution is 2.36. The lowest BCUT2D eigenvalue weighted by Gasteiger charge is -2.16. The summed E-state index contributed by atoms with van der Waals surface area (Å²) in [7, 11) is 0. The zero-order chi connectivity index (χ0) is 23.4. The van der Waals surface area contributed by atoms with Crippen LogP contribution in [0.3, 0.4) is 0 Å². The average Bonchev–Trinajstić information content (AvgIpc) is 2.58. The molecule has 3 N–H and O–H groups in total. The van der Waals surface area contributed by atoms with Crippen molar-refractivity contribution in [2.75, 3.05) is 16.4 Å². The maximum absolute atomic E-state index is 12.8. The van der Waals surface area contributed by atoms with Crippen LogP contribution in [0.1, 0.15) is 33.9 Å². The number of nitrogens with one attached hydrogen (secondary N) is 1. The van der Waals surface area contributed by atoms with Crippen molar-refractivity contribution >= 4 is 58.0 Å². The molecule has 2 rings (SSSR count). The number of halogens is 9. The lowest BCUT2D eigenvalue weighted by molar-refractivity contribution is -0.138. The van der Waals surface area contributed by atoms with Crippen molar-refractivity contribution in [2.24, 2.45) is 0 Å². The third-order valence-corrected chi connectivity index (χ3v) is 4.21. The zero-order valence-corrected chi connectivity index (χ0v) is 20.4. The van der Waals surface area contributed by atoms with Gasteiger partial charge < -0.3 is 11.1 Å². The Bertz CT molecular complexity index is 939. The van der Waals surface area contributed by atoms with Crippen molar-refractivity contribution in [3.63, 3.8) is 0 Å². The van der Waals surface area contributed by atoms with Gasteiger partial charge in [-0.1, -0.05) is 15.9 Å². The Balaban J connectivity index is 0. The summed E-state index contributed by atoms with van der Waals surface area (Å²) in [5.41, 5.74) is 3.93. The molecule has 182 valence electrons. The second-order valence-electron chi connectivity index (χ2n) is 6.26. The van der Waals surface area contributed by atoms with Crippen LogP contribution in [0, 0.1) is 27.7 Å². The summed E-state index contributed by atoms with van der Waals surface area (Å²) >= 11 is 2.87. The number of aromatic nitrogens is 2. The van der Waals surface area contributed by atoms with Crippen molar-refractivity contribution in [1.82, 2.24) is 9.97 Å². The van der Waals surface area contributed by atoms with E-state index < -0.39 is 29.4 Å². The van der Waals surface area contributed by atoms with Crippen molar-refractivity contribution in [1.29, 1.82) is 0 Å². The second kappa shape index (κ2) is 12.4. The molecule has 2 aromatic heterocycles. The minimum Gasteiger partial charge on any atom is -0.397 e. The molecule has 32 heavy (non-hydrogen) atoms. The number of pyridine rings is 2. The number of rotatable bonds is 2. The Labute approximate surface area is 201 Å². The number of nitrogen functional groups attached to an aromatic ring is 1. The van der Waals surface area contributed by atoms with E-state index in [0.717, 1.165) is 12.1 Å². The van der Waals surface area contributed by atoms with Gasteiger partial charge in [0.15, 0.2) is 0 Å². The van der Waals surface area contributed by atoms with Crippen LogP contribution in [-0.2, 0) is 17.1 Å². The van der Waals surface area contributed by atoms with Crippen molar-refractivity contribution < 1.29 is 31.1 Å². The zero-order valence-electron chi connectivity index (χ0n) is 17.2. The van der Waals surface area contributed by atoms with Gasteiger partial charge in [0.1, 0.15) is 0 Å². The van der Waals surface area contributed by atoms with Gasteiger partial charge in [-0.05, 0) is 39.8 Å². The minimum atomic E-state index is -4.52. The number of nitrogens with two attached hydrogens (primary N) is 1. The first-order chi connectivity index (χ1) is 13.6. The van der Waals surface area contributed by atoms with Crippen molar-refractivity contribution in [3.05, 3.63) is 46.0 Å². The lowest BCUT2D eigenvalue weighted by Crippen LogP contribution is -2.19. The van der Waals surface area contributed by atoms with Crippen LogP contribution in [0.2, 0.25) is 0 Å². The third kappa shape index (κ3) is 8.99. The van der Waals surface area contributed by atoms with Crippen LogP contribution < -0.4 is 11.1 Å². The Morgan fingerprint density at radius 3 is 1.72 bits per heavy atom. The number of amides is 1. The van der Waals surface area contributed by atoms with E-state index in [2.05, 4.69) is 31.2 Å². The van der Waals surface area contributed by atoms with Crippen LogP contribution in [0.4, 0.5) is 37.7 Å². The minimum absolute atomic E-state index is 0. The molecule has 0 saturated carbocycles. The molecular formula is C18H21BrCl2F6N4O. The summed E-state index contributed by atoms with van der Waals surface area (Å²) in [6.45, 7) is 5.85. The first-order valence-corrected chi connectivity index (χ1v) is 9.42. The summed E-state index contributed by atoms with van der Waals surface area (Å²) in [6, 6.07) is 1.86. The first-order valence-electron chi connectivity index (χ1n) is 8.30. The molecule has 0 saturated heterocycles. The molecule has 1 amide bonds. The van der Waals surface area contributed by atoms with E-state index in [-0.39, 0.29) is 58.6 Å². The van der Waals surface area contributed by atoms with Crippen LogP contribution in [-0.4, -0.2) is 21.2 Å². The standard InChI is InChI=1S/C10H10BrF3N2O.C8H9F3N2.2ClH/c1-5-3-7(10(12,13)14)9(6(2)15-5)16-8(17)4-11;1-4-3-6(8(9,10)11)7(12)5(2)13-4;;/h3H,4H2,1-2H3,(H,16,17);3H,12H2,1-2H3;2*1H. The maximum atomic E-state index is 12.8. The number of aryl methyl sites for hydroxylation is 4. The summed E-state index contributed by atoms with van der Waals surface area (Å²) in [6.07, 6.45) is -8.92. The van der Waals surface area contributed by atoms with Gasteiger partial charge in [0.25, 0.3) is 0 Å². The van der Waals surface area contributed by atoms with Gasteiger partial charge in [-0.15, -0.1) is 24.8 Å². The summed E-state index contributed by atoms with van der Waals surface area (Å²) in [4.78, 5) is 18.9. The Morgan fingerprint density at radius 1 is 0.906 bits per heavy atom. The van der Waals surface area contributed by atoms with Gasteiger partial charge in [0.2, 0.25) is 5.91 Å². The lowest BCUT2D eigenvalue weighted by atomic mass is 10.1. The van der Waals surface area contributed by atoms with Crippen LogP contribution in [0.5, 0.6) is 0 Å². The van der Waals surface area contributed by atoms with Gasteiger partial charge in [-0.2, -0.15) is 26.3 Å². The van der Waals surface area contributed by atoms with Crippen molar-refractivity contribution in [3.8, 4) is 0 Å². The molecule has 0 atom stereocenters.